The molecular formula is C10H16O2. The zero-order valence-electron chi connectivity index (χ0n) is 7.80. The number of allylic oxidation sites excluding steroid dienone is 1. The summed E-state index contributed by atoms with van der Waals surface area (Å²) in [6.07, 6.45) is 6.01. The van der Waals surface area contributed by atoms with Gasteiger partial charge in [0.05, 0.1) is 0 Å². The minimum atomic E-state index is -0.323. The monoisotopic (exact) mass is 168 g/mol. The fourth-order valence-corrected chi connectivity index (χ4v) is 0.600. The summed E-state index contributed by atoms with van der Waals surface area (Å²) in [7, 11) is 0. The third-order valence-electron chi connectivity index (χ3n) is 1.28. The maximum atomic E-state index is 10.8. The molecule has 0 saturated heterocycles. The van der Waals surface area contributed by atoms with Crippen molar-refractivity contribution in [1.29, 1.82) is 0 Å². The molecule has 0 aromatic carbocycles. The summed E-state index contributed by atoms with van der Waals surface area (Å²) in [5.41, 5.74) is 0.443. The van der Waals surface area contributed by atoms with Gasteiger partial charge in [0.25, 0.3) is 0 Å². The van der Waals surface area contributed by atoms with Crippen molar-refractivity contribution in [2.75, 3.05) is 6.61 Å². The Morgan fingerprint density at radius 1 is 1.50 bits per heavy atom. The average Bonchev–Trinajstić information content (AvgIpc) is 2.03. The van der Waals surface area contributed by atoms with Crippen molar-refractivity contribution in [1.82, 2.24) is 0 Å². The van der Waals surface area contributed by atoms with E-state index in [1.165, 1.54) is 0 Å². The lowest BCUT2D eigenvalue weighted by molar-refractivity contribution is -0.137. The van der Waals surface area contributed by atoms with E-state index in [0.717, 1.165) is 12.8 Å². The van der Waals surface area contributed by atoms with Crippen LogP contribution in [0.15, 0.2) is 24.3 Å². The van der Waals surface area contributed by atoms with Crippen molar-refractivity contribution in [2.24, 2.45) is 0 Å². The van der Waals surface area contributed by atoms with Gasteiger partial charge >= 0.3 is 5.97 Å². The zero-order chi connectivity index (χ0) is 9.40. The number of esters is 1. The predicted octanol–water partition coefficient (Wildman–Crippen LogP) is 2.46. The molecule has 0 spiro atoms. The Bertz CT molecular complexity index is 180. The first kappa shape index (κ1) is 11.0. The molecule has 0 unspecified atom stereocenters. The third-order valence-corrected chi connectivity index (χ3v) is 1.28. The van der Waals surface area contributed by atoms with Gasteiger partial charge in [-0.2, -0.15) is 0 Å². The highest BCUT2D eigenvalue weighted by Crippen LogP contribution is 1.93. The standard InChI is InChI=1S/C10H16O2/c1-4-5-6-7-8-12-10(11)9(2)3/h6-7H,2,4-5,8H2,1,3H3. The van der Waals surface area contributed by atoms with E-state index in [4.69, 9.17) is 4.74 Å². The number of unbranched alkanes of at least 4 members (excludes halogenated alkanes) is 1. The molecule has 0 saturated carbocycles. The summed E-state index contributed by atoms with van der Waals surface area (Å²) >= 11 is 0. The van der Waals surface area contributed by atoms with Crippen LogP contribution in [0.1, 0.15) is 26.7 Å². The minimum Gasteiger partial charge on any atom is -0.458 e. The van der Waals surface area contributed by atoms with Gasteiger partial charge in [-0.1, -0.05) is 32.1 Å². The smallest absolute Gasteiger partial charge is 0.333 e. The van der Waals surface area contributed by atoms with Crippen LogP contribution in [0.3, 0.4) is 0 Å². The van der Waals surface area contributed by atoms with Crippen LogP contribution >= 0.6 is 0 Å². The van der Waals surface area contributed by atoms with Gasteiger partial charge < -0.3 is 4.74 Å². The van der Waals surface area contributed by atoms with Crippen molar-refractivity contribution in [2.45, 2.75) is 26.7 Å². The Kier molecular flexibility index (Phi) is 6.07. The van der Waals surface area contributed by atoms with Gasteiger partial charge in [-0.05, 0) is 13.3 Å². The van der Waals surface area contributed by atoms with Gasteiger partial charge in [0.2, 0.25) is 0 Å². The highest BCUT2D eigenvalue weighted by Gasteiger charge is 1.99. The molecule has 0 aromatic heterocycles. The number of hydrogen-bond donors (Lipinski definition) is 0. The lowest BCUT2D eigenvalue weighted by atomic mass is 10.3. The van der Waals surface area contributed by atoms with E-state index in [1.54, 1.807) is 6.92 Å². The Morgan fingerprint density at radius 3 is 2.67 bits per heavy atom. The molecule has 0 aliphatic heterocycles. The fourth-order valence-electron chi connectivity index (χ4n) is 0.600. The van der Waals surface area contributed by atoms with E-state index in [9.17, 15) is 4.79 Å². The van der Waals surface area contributed by atoms with Gasteiger partial charge in [0.15, 0.2) is 0 Å². The summed E-state index contributed by atoms with van der Waals surface area (Å²) in [5, 5.41) is 0. The van der Waals surface area contributed by atoms with Gasteiger partial charge in [-0.25, -0.2) is 4.79 Å². The second-order valence-corrected chi connectivity index (χ2v) is 2.64. The van der Waals surface area contributed by atoms with Gasteiger partial charge in [0.1, 0.15) is 6.61 Å². The zero-order valence-corrected chi connectivity index (χ0v) is 7.80. The maximum Gasteiger partial charge on any atom is 0.333 e. The van der Waals surface area contributed by atoms with Crippen molar-refractivity contribution < 1.29 is 9.53 Å². The van der Waals surface area contributed by atoms with Crippen LogP contribution in [-0.2, 0) is 9.53 Å². The summed E-state index contributed by atoms with van der Waals surface area (Å²) in [6, 6.07) is 0. The Morgan fingerprint density at radius 2 is 2.17 bits per heavy atom. The molecule has 68 valence electrons. The lowest BCUT2D eigenvalue weighted by Gasteiger charge is -1.98. The van der Waals surface area contributed by atoms with Crippen molar-refractivity contribution in [3.05, 3.63) is 24.3 Å². The molecule has 0 aliphatic carbocycles. The number of carbonyl (C=O) groups excluding carboxylic acids is 1. The number of rotatable bonds is 5. The largest absolute Gasteiger partial charge is 0.458 e. The van der Waals surface area contributed by atoms with Gasteiger partial charge in [-0.3, -0.25) is 0 Å². The minimum absolute atomic E-state index is 0.323. The average molecular weight is 168 g/mol. The first-order chi connectivity index (χ1) is 5.68. The van der Waals surface area contributed by atoms with Crippen LogP contribution < -0.4 is 0 Å². The molecule has 0 atom stereocenters. The molecule has 0 aliphatic rings. The normalized spacial score (nSPS) is 10.2. The summed E-state index contributed by atoms with van der Waals surface area (Å²) < 4.78 is 4.82. The Balaban J connectivity index is 3.43. The predicted molar refractivity (Wildman–Crippen MR) is 49.8 cm³/mol. The first-order valence-electron chi connectivity index (χ1n) is 4.16. The Hall–Kier alpha value is -1.05. The molecule has 0 rings (SSSR count). The molecule has 0 N–H and O–H groups in total. The van der Waals surface area contributed by atoms with Crippen molar-refractivity contribution in [3.8, 4) is 0 Å². The van der Waals surface area contributed by atoms with Crippen molar-refractivity contribution in [3.63, 3.8) is 0 Å². The number of carbonyl (C=O) groups is 1. The van der Waals surface area contributed by atoms with Crippen molar-refractivity contribution >= 4 is 5.97 Å². The van der Waals surface area contributed by atoms with Gasteiger partial charge in [-0.15, -0.1) is 0 Å². The molecule has 12 heavy (non-hydrogen) atoms. The molecule has 0 fully saturated rings. The van der Waals surface area contributed by atoms with E-state index in [2.05, 4.69) is 13.5 Å². The van der Waals surface area contributed by atoms with Crippen LogP contribution in [0.2, 0.25) is 0 Å². The summed E-state index contributed by atoms with van der Waals surface area (Å²) in [5.74, 6) is -0.323. The summed E-state index contributed by atoms with van der Waals surface area (Å²) in [6.45, 7) is 7.56. The quantitative estimate of drug-likeness (QED) is 0.358. The maximum absolute atomic E-state index is 10.8. The molecule has 0 radical (unpaired) electrons. The Labute approximate surface area is 73.9 Å². The van der Waals surface area contributed by atoms with Crippen LogP contribution in [-0.4, -0.2) is 12.6 Å². The second kappa shape index (κ2) is 6.65. The van der Waals surface area contributed by atoms with Crippen LogP contribution in [0.5, 0.6) is 0 Å². The van der Waals surface area contributed by atoms with E-state index in [1.807, 2.05) is 12.2 Å². The SMILES string of the molecule is C=C(C)C(=O)OCC=CCCC. The molecule has 0 heterocycles. The van der Waals surface area contributed by atoms with E-state index < -0.39 is 0 Å². The molecule has 2 heteroatoms. The molecular weight excluding hydrogens is 152 g/mol. The highest BCUT2D eigenvalue weighted by atomic mass is 16.5. The molecule has 2 nitrogen and oxygen atoms in total. The van der Waals surface area contributed by atoms with E-state index in [0.29, 0.717) is 12.2 Å². The van der Waals surface area contributed by atoms with E-state index in [-0.39, 0.29) is 5.97 Å². The van der Waals surface area contributed by atoms with Crippen LogP contribution in [0, 0.1) is 0 Å². The van der Waals surface area contributed by atoms with Crippen LogP contribution in [0.4, 0.5) is 0 Å². The van der Waals surface area contributed by atoms with E-state index >= 15 is 0 Å². The second-order valence-electron chi connectivity index (χ2n) is 2.64. The number of ether oxygens (including phenoxy) is 1. The topological polar surface area (TPSA) is 26.3 Å². The summed E-state index contributed by atoms with van der Waals surface area (Å²) in [4.78, 5) is 10.8. The molecule has 0 amide bonds. The van der Waals surface area contributed by atoms with Crippen LogP contribution in [0.25, 0.3) is 0 Å². The number of hydrogen-bond acceptors (Lipinski definition) is 2. The third kappa shape index (κ3) is 5.71. The fraction of sp³-hybridized carbons (Fsp3) is 0.500. The molecule has 0 aromatic rings. The highest BCUT2D eigenvalue weighted by molar-refractivity contribution is 5.86. The molecule has 0 bridgehead atoms. The lowest BCUT2D eigenvalue weighted by Crippen LogP contribution is -2.04. The first-order valence-corrected chi connectivity index (χ1v) is 4.16. The van der Waals surface area contributed by atoms with Gasteiger partial charge in [0, 0.05) is 5.57 Å².